The zero-order valence-electron chi connectivity index (χ0n) is 48.7. The number of nitrogens with one attached hydrogen (secondary N) is 1. The smallest absolute Gasteiger partial charge is 0.305 e. The van der Waals surface area contributed by atoms with Crippen LogP contribution in [0.4, 0.5) is 0 Å². The van der Waals surface area contributed by atoms with Crippen LogP contribution in [0.15, 0.2) is 24.3 Å². The molecule has 0 radical (unpaired) electrons. The van der Waals surface area contributed by atoms with E-state index in [1.165, 1.54) is 244 Å². The molecule has 6 nitrogen and oxygen atoms in total. The molecule has 1 amide bonds. The van der Waals surface area contributed by atoms with Gasteiger partial charge < -0.3 is 20.3 Å². The van der Waals surface area contributed by atoms with Gasteiger partial charge in [0.2, 0.25) is 5.91 Å². The summed E-state index contributed by atoms with van der Waals surface area (Å²) < 4.78 is 5.48. The fourth-order valence-electron chi connectivity index (χ4n) is 10.3. The lowest BCUT2D eigenvalue weighted by Gasteiger charge is -2.22. The maximum absolute atomic E-state index is 12.5. The molecule has 0 aromatic carbocycles. The van der Waals surface area contributed by atoms with E-state index < -0.39 is 12.1 Å². The summed E-state index contributed by atoms with van der Waals surface area (Å²) >= 11 is 0. The Hall–Kier alpha value is -1.66. The van der Waals surface area contributed by atoms with Gasteiger partial charge in [-0.25, -0.2) is 0 Å². The summed E-state index contributed by atoms with van der Waals surface area (Å²) in [7, 11) is 0. The number of ether oxygens (including phenoxy) is 1. The summed E-state index contributed by atoms with van der Waals surface area (Å²) in [5.74, 6) is -0.0578. The monoisotopic (exact) mass is 1010 g/mol. The number of unbranched alkanes of at least 4 members (excludes halogenated alkanes) is 46. The Bertz CT molecular complexity index is 1120. The molecule has 0 saturated carbocycles. The number of hydrogen-bond acceptors (Lipinski definition) is 5. The Balaban J connectivity index is 3.47. The van der Waals surface area contributed by atoms with Crippen molar-refractivity contribution in [3.63, 3.8) is 0 Å². The van der Waals surface area contributed by atoms with Crippen LogP contribution in [0.3, 0.4) is 0 Å². The van der Waals surface area contributed by atoms with Crippen LogP contribution in [0.1, 0.15) is 361 Å². The molecule has 0 saturated heterocycles. The van der Waals surface area contributed by atoms with Crippen molar-refractivity contribution in [3.05, 3.63) is 24.3 Å². The van der Waals surface area contributed by atoms with E-state index in [0.29, 0.717) is 25.9 Å². The van der Waals surface area contributed by atoms with E-state index in [1.807, 2.05) is 0 Å². The Morgan fingerprint density at radius 1 is 0.389 bits per heavy atom. The second kappa shape index (κ2) is 61.9. The van der Waals surface area contributed by atoms with E-state index in [0.717, 1.165) is 83.5 Å². The molecule has 0 aliphatic carbocycles. The number of amides is 1. The fourth-order valence-corrected chi connectivity index (χ4v) is 10.3. The third kappa shape index (κ3) is 57.6. The molecule has 0 aliphatic heterocycles. The first-order chi connectivity index (χ1) is 35.5. The Morgan fingerprint density at radius 3 is 1.06 bits per heavy atom. The lowest BCUT2D eigenvalue weighted by atomic mass is 10.0. The van der Waals surface area contributed by atoms with Crippen molar-refractivity contribution in [2.45, 2.75) is 373 Å². The summed E-state index contributed by atoms with van der Waals surface area (Å²) in [6.45, 7) is 4.94. The molecule has 426 valence electrons. The number of aliphatic hydroxyl groups excluding tert-OH is 2. The van der Waals surface area contributed by atoms with Crippen molar-refractivity contribution in [2.75, 3.05) is 13.2 Å². The molecular formula is C66H127NO5. The highest BCUT2D eigenvalue weighted by Gasteiger charge is 2.20. The second-order valence-corrected chi connectivity index (χ2v) is 22.5. The van der Waals surface area contributed by atoms with Crippen LogP contribution in [-0.2, 0) is 14.3 Å². The van der Waals surface area contributed by atoms with Gasteiger partial charge in [-0.15, -0.1) is 0 Å². The van der Waals surface area contributed by atoms with Crippen LogP contribution in [0.2, 0.25) is 0 Å². The molecule has 2 atom stereocenters. The van der Waals surface area contributed by atoms with E-state index in [9.17, 15) is 19.8 Å². The van der Waals surface area contributed by atoms with Crippen LogP contribution in [0.25, 0.3) is 0 Å². The van der Waals surface area contributed by atoms with Gasteiger partial charge in [0, 0.05) is 12.8 Å². The first-order valence-corrected chi connectivity index (χ1v) is 32.6. The quantitative estimate of drug-likeness (QED) is 0.0320. The third-order valence-electron chi connectivity index (χ3n) is 15.3. The predicted molar refractivity (Wildman–Crippen MR) is 315 cm³/mol. The molecule has 6 heteroatoms. The summed E-state index contributed by atoms with van der Waals surface area (Å²) in [6, 6.07) is -0.554. The third-order valence-corrected chi connectivity index (χ3v) is 15.3. The van der Waals surface area contributed by atoms with Crippen molar-refractivity contribution >= 4 is 11.9 Å². The van der Waals surface area contributed by atoms with Gasteiger partial charge in [0.05, 0.1) is 25.4 Å². The molecule has 0 aliphatic rings. The highest BCUT2D eigenvalue weighted by atomic mass is 16.5. The number of allylic oxidation sites excluding steroid dienone is 4. The maximum atomic E-state index is 12.5. The second-order valence-electron chi connectivity index (χ2n) is 22.5. The molecular weight excluding hydrogens is 887 g/mol. The van der Waals surface area contributed by atoms with Crippen molar-refractivity contribution in [1.82, 2.24) is 5.32 Å². The van der Waals surface area contributed by atoms with Gasteiger partial charge in [0.25, 0.3) is 0 Å². The predicted octanol–water partition coefficient (Wildman–Crippen LogP) is 20.6. The van der Waals surface area contributed by atoms with Crippen LogP contribution >= 0.6 is 0 Å². The summed E-state index contributed by atoms with van der Waals surface area (Å²) in [6.07, 6.45) is 76.2. The molecule has 0 fully saturated rings. The first-order valence-electron chi connectivity index (χ1n) is 32.6. The lowest BCUT2D eigenvalue weighted by Crippen LogP contribution is -2.45. The van der Waals surface area contributed by atoms with Gasteiger partial charge in [-0.1, -0.05) is 308 Å². The van der Waals surface area contributed by atoms with E-state index in [1.54, 1.807) is 0 Å². The molecule has 0 heterocycles. The highest BCUT2D eigenvalue weighted by Crippen LogP contribution is 2.18. The van der Waals surface area contributed by atoms with Crippen LogP contribution in [0, 0.1) is 0 Å². The number of aliphatic hydroxyl groups is 2. The van der Waals surface area contributed by atoms with Crippen molar-refractivity contribution in [1.29, 1.82) is 0 Å². The first kappa shape index (κ1) is 70.3. The van der Waals surface area contributed by atoms with Crippen molar-refractivity contribution in [3.8, 4) is 0 Å². The Labute approximate surface area is 450 Å². The fraction of sp³-hybridized carbons (Fsp3) is 0.909. The van der Waals surface area contributed by atoms with Gasteiger partial charge in [-0.05, 0) is 64.2 Å². The number of carbonyl (C=O) groups excluding carboxylic acids is 2. The van der Waals surface area contributed by atoms with Crippen molar-refractivity contribution in [2.24, 2.45) is 0 Å². The SMILES string of the molecule is CCCCCCCCCCCCCCCCCCCCCCC(O)C(CO)NC(=O)CCCCCCCCC/C=C\C/C=C\CCCCCOC(=O)CCCCCCCCCCCCCCCCCCCC. The molecule has 0 bridgehead atoms. The van der Waals surface area contributed by atoms with Crippen LogP contribution in [-0.4, -0.2) is 47.4 Å². The van der Waals surface area contributed by atoms with Gasteiger partial charge in [0.1, 0.15) is 0 Å². The number of hydrogen-bond donors (Lipinski definition) is 3. The van der Waals surface area contributed by atoms with Gasteiger partial charge >= 0.3 is 5.97 Å². The molecule has 0 aromatic rings. The number of rotatable bonds is 61. The number of carbonyl (C=O) groups is 2. The minimum Gasteiger partial charge on any atom is -0.466 e. The van der Waals surface area contributed by atoms with Gasteiger partial charge in [0.15, 0.2) is 0 Å². The summed E-state index contributed by atoms with van der Waals surface area (Å²) in [5.41, 5.74) is 0. The molecule has 0 rings (SSSR count). The molecule has 0 spiro atoms. The normalized spacial score (nSPS) is 12.7. The molecule has 72 heavy (non-hydrogen) atoms. The van der Waals surface area contributed by atoms with Crippen molar-refractivity contribution < 1.29 is 24.5 Å². The number of esters is 1. The minimum atomic E-state index is -0.676. The summed E-state index contributed by atoms with van der Waals surface area (Å²) in [4.78, 5) is 24.6. The topological polar surface area (TPSA) is 95.9 Å². The average molecular weight is 1010 g/mol. The zero-order valence-corrected chi connectivity index (χ0v) is 48.7. The van der Waals surface area contributed by atoms with E-state index in [4.69, 9.17) is 4.74 Å². The van der Waals surface area contributed by atoms with E-state index in [2.05, 4.69) is 43.5 Å². The van der Waals surface area contributed by atoms with E-state index >= 15 is 0 Å². The van der Waals surface area contributed by atoms with Gasteiger partial charge in [-0.2, -0.15) is 0 Å². The minimum absolute atomic E-state index is 0.0102. The van der Waals surface area contributed by atoms with Gasteiger partial charge in [-0.3, -0.25) is 9.59 Å². The zero-order chi connectivity index (χ0) is 52.2. The maximum Gasteiger partial charge on any atom is 0.305 e. The average Bonchev–Trinajstić information content (AvgIpc) is 3.38. The molecule has 3 N–H and O–H groups in total. The Morgan fingerprint density at radius 2 is 0.694 bits per heavy atom. The molecule has 0 aromatic heterocycles. The standard InChI is InChI=1S/C66H127NO5/c1-3-5-7-9-11-13-15-17-19-21-23-24-26-30-34-38-42-46-50-54-58-64(69)63(62-68)67-65(70)59-55-51-47-43-39-35-31-27-25-29-33-37-41-45-49-53-57-61-72-66(71)60-56-52-48-44-40-36-32-28-22-20-18-16-14-12-10-8-6-4-2/h25,29,37,41,63-64,68-69H,3-24,26-28,30-36,38-40,42-62H2,1-2H3,(H,67,70)/b29-25-,41-37-. The van der Waals surface area contributed by atoms with E-state index in [-0.39, 0.29) is 18.5 Å². The molecule has 2 unspecified atom stereocenters. The lowest BCUT2D eigenvalue weighted by molar-refractivity contribution is -0.143. The summed E-state index contributed by atoms with van der Waals surface area (Å²) in [5, 5.41) is 23.4. The Kier molecular flexibility index (Phi) is 60.5. The van der Waals surface area contributed by atoms with Crippen LogP contribution in [0.5, 0.6) is 0 Å². The van der Waals surface area contributed by atoms with Crippen LogP contribution < -0.4 is 5.32 Å². The largest absolute Gasteiger partial charge is 0.466 e. The highest BCUT2D eigenvalue weighted by molar-refractivity contribution is 5.76.